The maximum Gasteiger partial charge on any atom is 0.312 e. The molecule has 0 aromatic rings. The molecule has 0 heterocycles. The van der Waals surface area contributed by atoms with Gasteiger partial charge in [0.2, 0.25) is 0 Å². The Labute approximate surface area is 223 Å². The Bertz CT molecular complexity index is 1110. The van der Waals surface area contributed by atoms with E-state index < -0.39 is 10.8 Å². The van der Waals surface area contributed by atoms with E-state index in [0.29, 0.717) is 24.2 Å². The number of allylic oxidation sites excluding steroid dienone is 2. The molecule has 8 atom stereocenters. The van der Waals surface area contributed by atoms with E-state index in [9.17, 15) is 20.0 Å². The van der Waals surface area contributed by atoms with Crippen LogP contribution in [0.25, 0.3) is 0 Å². The normalized spacial score (nSPS) is 48.0. The zero-order chi connectivity index (χ0) is 27.4. The van der Waals surface area contributed by atoms with Crippen LogP contribution in [0.2, 0.25) is 0 Å². The molecule has 5 rings (SSSR count). The summed E-state index contributed by atoms with van der Waals surface area (Å²) in [5, 5.41) is 21.0. The van der Waals surface area contributed by atoms with Gasteiger partial charge in [-0.1, -0.05) is 48.5 Å². The van der Waals surface area contributed by atoms with Gasteiger partial charge in [0, 0.05) is 17.8 Å². The third-order valence-electron chi connectivity index (χ3n) is 13.3. The fourth-order valence-electron chi connectivity index (χ4n) is 11.2. The van der Waals surface area contributed by atoms with E-state index in [1.54, 1.807) is 0 Å². The van der Waals surface area contributed by atoms with Gasteiger partial charge in [-0.25, -0.2) is 0 Å². The van der Waals surface area contributed by atoms with Crippen LogP contribution in [0.1, 0.15) is 106 Å². The van der Waals surface area contributed by atoms with Crippen LogP contribution in [-0.2, 0) is 14.3 Å². The summed E-state index contributed by atoms with van der Waals surface area (Å²) in [7, 11) is 1.50. The van der Waals surface area contributed by atoms with Gasteiger partial charge in [-0.3, -0.25) is 9.59 Å². The molecule has 5 nitrogen and oxygen atoms in total. The maximum absolute atomic E-state index is 14.5. The smallest absolute Gasteiger partial charge is 0.312 e. The van der Waals surface area contributed by atoms with Crippen molar-refractivity contribution in [3.63, 3.8) is 0 Å². The molecule has 0 aromatic heterocycles. The number of carbonyl (C=O) groups is 2. The molecule has 5 aliphatic rings. The summed E-state index contributed by atoms with van der Waals surface area (Å²) in [6, 6.07) is 2.32. The summed E-state index contributed by atoms with van der Waals surface area (Å²) in [6.45, 7) is 15.8. The fourth-order valence-corrected chi connectivity index (χ4v) is 11.2. The molecule has 0 aromatic carbocycles. The van der Waals surface area contributed by atoms with Gasteiger partial charge >= 0.3 is 5.97 Å². The minimum atomic E-state index is -0.552. The van der Waals surface area contributed by atoms with Crippen molar-refractivity contribution in [2.45, 2.75) is 106 Å². The van der Waals surface area contributed by atoms with Crippen molar-refractivity contribution in [3.05, 3.63) is 11.3 Å². The first-order valence-corrected chi connectivity index (χ1v) is 14.5. The highest BCUT2D eigenvalue weighted by atomic mass is 16.5. The average molecular weight is 510 g/mol. The lowest BCUT2D eigenvalue weighted by Crippen LogP contribution is -2.69. The molecule has 4 saturated carbocycles. The van der Waals surface area contributed by atoms with Gasteiger partial charge in [0.05, 0.1) is 24.2 Å². The van der Waals surface area contributed by atoms with Gasteiger partial charge in [0.15, 0.2) is 0 Å². The summed E-state index contributed by atoms with van der Waals surface area (Å²) in [6.07, 6.45) is 7.37. The Morgan fingerprint density at radius 2 is 1.62 bits per heavy atom. The second kappa shape index (κ2) is 7.86. The quantitative estimate of drug-likeness (QED) is 0.379. The summed E-state index contributed by atoms with van der Waals surface area (Å²) in [4.78, 5) is 27.9. The van der Waals surface area contributed by atoms with Crippen molar-refractivity contribution >= 4 is 11.8 Å². The van der Waals surface area contributed by atoms with Gasteiger partial charge < -0.3 is 9.84 Å². The van der Waals surface area contributed by atoms with E-state index in [1.165, 1.54) is 7.11 Å². The standard InChI is InChI=1S/C32H47NO4/c1-27(2)11-13-32(26(36)37-8)14-12-31(7)24(20(32)17-27)21(34)15-23-29(5)16-19(18-33)25(35)28(3,4)22(29)9-10-30(23,31)6/h20,22-24,35H,9-17H2,1-8H3/t20-,22+,23-,24+,29+,30-,31-,32+/m1/s1. The molecule has 204 valence electrons. The lowest BCUT2D eigenvalue weighted by molar-refractivity contribution is -0.233. The lowest BCUT2D eigenvalue weighted by atomic mass is 9.31. The van der Waals surface area contributed by atoms with Crippen molar-refractivity contribution in [2.24, 2.45) is 56.2 Å². The SMILES string of the molecule is COC(=O)[C@]12CCC(C)(C)C[C@@H]1[C@H]1C(=O)C[C@@H]3[C@@]4(C)CC(C#N)=C(O)C(C)(C)[C@@H]4CC[C@@]3(C)[C@]1(C)CC2. The first kappa shape index (κ1) is 26.8. The van der Waals surface area contributed by atoms with Crippen molar-refractivity contribution in [2.75, 3.05) is 7.11 Å². The topological polar surface area (TPSA) is 87.4 Å². The van der Waals surface area contributed by atoms with Crippen LogP contribution in [0.5, 0.6) is 0 Å². The van der Waals surface area contributed by atoms with E-state index in [1.807, 2.05) is 0 Å². The first-order chi connectivity index (χ1) is 17.0. The van der Waals surface area contributed by atoms with Crippen molar-refractivity contribution in [1.82, 2.24) is 0 Å². The van der Waals surface area contributed by atoms with E-state index in [-0.39, 0.29) is 57.1 Å². The number of ether oxygens (including phenoxy) is 1. The number of Topliss-reactive ketones (excluding diaryl/α,β-unsaturated/α-hetero) is 1. The number of carbonyl (C=O) groups excluding carboxylic acids is 2. The van der Waals surface area contributed by atoms with E-state index in [4.69, 9.17) is 4.74 Å². The number of hydrogen-bond donors (Lipinski definition) is 1. The molecule has 4 fully saturated rings. The van der Waals surface area contributed by atoms with E-state index >= 15 is 0 Å². The van der Waals surface area contributed by atoms with Gasteiger partial charge in [-0.05, 0) is 90.8 Å². The van der Waals surface area contributed by atoms with Crippen LogP contribution < -0.4 is 0 Å². The van der Waals surface area contributed by atoms with Crippen LogP contribution in [0.3, 0.4) is 0 Å². The molecule has 0 amide bonds. The molecule has 0 saturated heterocycles. The zero-order valence-electron chi connectivity index (χ0n) is 24.3. The number of nitriles is 1. The predicted molar refractivity (Wildman–Crippen MR) is 142 cm³/mol. The van der Waals surface area contributed by atoms with E-state index in [2.05, 4.69) is 54.5 Å². The fraction of sp³-hybridized carbons (Fsp3) is 0.844. The minimum Gasteiger partial charge on any atom is -0.511 e. The molecule has 0 spiro atoms. The second-order valence-corrected chi connectivity index (χ2v) is 15.6. The number of aliphatic hydroxyl groups is 1. The van der Waals surface area contributed by atoms with E-state index in [0.717, 1.165) is 44.9 Å². The van der Waals surface area contributed by atoms with Crippen molar-refractivity contribution < 1.29 is 19.4 Å². The summed E-state index contributed by atoms with van der Waals surface area (Å²) in [5.74, 6) is 0.686. The third kappa shape index (κ3) is 3.20. The Hall–Kier alpha value is -1.83. The van der Waals surface area contributed by atoms with Gasteiger partial charge in [0.25, 0.3) is 0 Å². The maximum atomic E-state index is 14.5. The number of aliphatic hydroxyl groups excluding tert-OH is 1. The van der Waals surface area contributed by atoms with Gasteiger partial charge in [-0.15, -0.1) is 0 Å². The molecule has 0 bridgehead atoms. The number of methoxy groups -OCH3 is 1. The molecular weight excluding hydrogens is 462 g/mol. The molecule has 0 radical (unpaired) electrons. The van der Waals surface area contributed by atoms with Crippen LogP contribution in [-0.4, -0.2) is 24.0 Å². The summed E-state index contributed by atoms with van der Waals surface area (Å²) >= 11 is 0. The number of esters is 1. The minimum absolute atomic E-state index is 0.0136. The largest absolute Gasteiger partial charge is 0.511 e. The highest BCUT2D eigenvalue weighted by Gasteiger charge is 2.73. The molecule has 5 heteroatoms. The zero-order valence-corrected chi connectivity index (χ0v) is 24.3. The highest BCUT2D eigenvalue weighted by molar-refractivity contribution is 5.86. The molecule has 0 aliphatic heterocycles. The molecule has 5 aliphatic carbocycles. The van der Waals surface area contributed by atoms with Crippen LogP contribution in [0.15, 0.2) is 11.3 Å². The summed E-state index contributed by atoms with van der Waals surface area (Å²) in [5.41, 5.74) is -0.972. The Balaban J connectivity index is 1.62. The Morgan fingerprint density at radius 1 is 0.973 bits per heavy atom. The van der Waals surface area contributed by atoms with Gasteiger partial charge in [0.1, 0.15) is 11.5 Å². The lowest BCUT2D eigenvalue weighted by Gasteiger charge is -2.72. The molecule has 0 unspecified atom stereocenters. The van der Waals surface area contributed by atoms with Crippen molar-refractivity contribution in [1.29, 1.82) is 5.26 Å². The number of nitrogens with zero attached hydrogens (tertiary/aromatic N) is 1. The third-order valence-corrected chi connectivity index (χ3v) is 13.3. The monoisotopic (exact) mass is 509 g/mol. The van der Waals surface area contributed by atoms with Crippen LogP contribution in [0.4, 0.5) is 0 Å². The van der Waals surface area contributed by atoms with Crippen LogP contribution >= 0.6 is 0 Å². The Morgan fingerprint density at radius 3 is 2.24 bits per heavy atom. The molecule has 1 N–H and O–H groups in total. The Kier molecular flexibility index (Phi) is 5.68. The van der Waals surface area contributed by atoms with Crippen LogP contribution in [0, 0.1) is 67.5 Å². The number of rotatable bonds is 1. The second-order valence-electron chi connectivity index (χ2n) is 15.6. The first-order valence-electron chi connectivity index (χ1n) is 14.5. The average Bonchev–Trinajstić information content (AvgIpc) is 2.82. The number of fused-ring (bicyclic) bond motifs is 7. The number of hydrogen-bond acceptors (Lipinski definition) is 5. The predicted octanol–water partition coefficient (Wildman–Crippen LogP) is 7.17. The highest BCUT2D eigenvalue weighted by Crippen LogP contribution is 2.76. The van der Waals surface area contributed by atoms with Gasteiger partial charge in [-0.2, -0.15) is 5.26 Å². The van der Waals surface area contributed by atoms with Crippen molar-refractivity contribution in [3.8, 4) is 6.07 Å². The number of ketones is 1. The molecule has 37 heavy (non-hydrogen) atoms. The molecular formula is C32H47NO4. The summed E-state index contributed by atoms with van der Waals surface area (Å²) < 4.78 is 5.43.